The van der Waals surface area contributed by atoms with Gasteiger partial charge in [-0.1, -0.05) is 18.2 Å². The van der Waals surface area contributed by atoms with Crippen LogP contribution >= 0.6 is 0 Å². The summed E-state index contributed by atoms with van der Waals surface area (Å²) in [4.78, 5) is 12.3. The number of rotatable bonds is 7. The molecule has 122 valence electrons. The second-order valence-electron chi connectivity index (χ2n) is 5.50. The summed E-state index contributed by atoms with van der Waals surface area (Å²) in [6.07, 6.45) is 2.48. The van der Waals surface area contributed by atoms with Crippen molar-refractivity contribution in [2.45, 2.75) is 19.8 Å². The van der Waals surface area contributed by atoms with Crippen LogP contribution in [0, 0.1) is 6.92 Å². The Morgan fingerprint density at radius 3 is 2.50 bits per heavy atom. The quantitative estimate of drug-likeness (QED) is 0.494. The third kappa shape index (κ3) is 3.87. The van der Waals surface area contributed by atoms with Crippen molar-refractivity contribution >= 4 is 6.29 Å². The summed E-state index contributed by atoms with van der Waals surface area (Å²) < 4.78 is 5.69. The zero-order chi connectivity index (χ0) is 16.8. The van der Waals surface area contributed by atoms with E-state index >= 15 is 0 Å². The third-order valence-corrected chi connectivity index (χ3v) is 3.71. The average molecular weight is 321 g/mol. The predicted molar refractivity (Wildman–Crippen MR) is 91.7 cm³/mol. The fraction of sp³-hybridized carbons (Fsp3) is 0.211. The highest BCUT2D eigenvalue weighted by Crippen LogP contribution is 2.13. The van der Waals surface area contributed by atoms with E-state index in [0.29, 0.717) is 12.2 Å². The molecule has 2 aromatic carbocycles. The summed E-state index contributed by atoms with van der Waals surface area (Å²) in [5.74, 6) is 0.769. The number of benzene rings is 2. The first-order chi connectivity index (χ1) is 11.8. The average Bonchev–Trinajstić information content (AvgIpc) is 3.01. The van der Waals surface area contributed by atoms with Crippen LogP contribution in [0.25, 0.3) is 5.69 Å². The minimum atomic E-state index is 0.595. The highest BCUT2D eigenvalue weighted by Gasteiger charge is 2.08. The van der Waals surface area contributed by atoms with Gasteiger partial charge < -0.3 is 4.74 Å². The molecule has 3 rings (SSSR count). The van der Waals surface area contributed by atoms with Crippen molar-refractivity contribution < 1.29 is 9.53 Å². The third-order valence-electron chi connectivity index (χ3n) is 3.71. The van der Waals surface area contributed by atoms with Gasteiger partial charge in [0.25, 0.3) is 0 Å². The Balaban J connectivity index is 1.53. The number of carbonyl (C=O) groups is 1. The van der Waals surface area contributed by atoms with E-state index in [2.05, 4.69) is 10.2 Å². The number of aldehydes is 1. The van der Waals surface area contributed by atoms with Gasteiger partial charge >= 0.3 is 0 Å². The number of aryl methyl sites for hydroxylation is 2. The van der Waals surface area contributed by atoms with E-state index < -0.39 is 0 Å². The normalized spacial score (nSPS) is 10.5. The molecule has 0 spiro atoms. The van der Waals surface area contributed by atoms with Crippen molar-refractivity contribution in [1.82, 2.24) is 15.0 Å². The maximum absolute atomic E-state index is 10.6. The highest BCUT2D eigenvalue weighted by atomic mass is 16.5. The molecule has 0 atom stereocenters. The van der Waals surface area contributed by atoms with Crippen molar-refractivity contribution in [3.8, 4) is 11.4 Å². The van der Waals surface area contributed by atoms with E-state index in [1.165, 1.54) is 0 Å². The molecular formula is C19H19N3O2. The van der Waals surface area contributed by atoms with Gasteiger partial charge in [-0.05, 0) is 56.2 Å². The summed E-state index contributed by atoms with van der Waals surface area (Å²) in [7, 11) is 0. The molecule has 0 aliphatic rings. The van der Waals surface area contributed by atoms with Gasteiger partial charge in [0.15, 0.2) is 0 Å². The SMILES string of the molecule is Cc1nn(-c2ccccc2)nc1CCCOc1ccc(C=O)cc1. The van der Waals surface area contributed by atoms with Gasteiger partial charge in [0.05, 0.1) is 23.7 Å². The molecular weight excluding hydrogens is 302 g/mol. The number of ether oxygens (including phenoxy) is 1. The molecule has 0 fully saturated rings. The number of hydrogen-bond acceptors (Lipinski definition) is 4. The Labute approximate surface area is 140 Å². The lowest BCUT2D eigenvalue weighted by molar-refractivity contribution is 0.112. The van der Waals surface area contributed by atoms with Crippen molar-refractivity contribution in [3.05, 3.63) is 71.5 Å². The van der Waals surface area contributed by atoms with Crippen LogP contribution in [0.5, 0.6) is 5.75 Å². The monoisotopic (exact) mass is 321 g/mol. The minimum Gasteiger partial charge on any atom is -0.494 e. The Hall–Kier alpha value is -2.95. The van der Waals surface area contributed by atoms with Gasteiger partial charge in [-0.25, -0.2) is 0 Å². The van der Waals surface area contributed by atoms with Crippen LogP contribution in [0.2, 0.25) is 0 Å². The number of carbonyl (C=O) groups excluding carboxylic acids is 1. The molecule has 5 heteroatoms. The second kappa shape index (κ2) is 7.55. The molecule has 24 heavy (non-hydrogen) atoms. The van der Waals surface area contributed by atoms with E-state index in [0.717, 1.165) is 42.0 Å². The first kappa shape index (κ1) is 15.9. The maximum Gasteiger partial charge on any atom is 0.150 e. The number of aromatic nitrogens is 3. The summed E-state index contributed by atoms with van der Waals surface area (Å²) in [5, 5.41) is 9.03. The molecule has 0 saturated carbocycles. The lowest BCUT2D eigenvalue weighted by Gasteiger charge is -2.05. The molecule has 0 N–H and O–H groups in total. The zero-order valence-electron chi connectivity index (χ0n) is 13.6. The van der Waals surface area contributed by atoms with Gasteiger partial charge in [-0.2, -0.15) is 15.0 Å². The Morgan fingerprint density at radius 1 is 1.04 bits per heavy atom. The van der Waals surface area contributed by atoms with Crippen molar-refractivity contribution in [3.63, 3.8) is 0 Å². The van der Waals surface area contributed by atoms with E-state index in [4.69, 9.17) is 4.74 Å². The van der Waals surface area contributed by atoms with Gasteiger partial charge in [0.2, 0.25) is 0 Å². The Kier molecular flexibility index (Phi) is 5.01. The molecule has 1 aromatic heterocycles. The van der Waals surface area contributed by atoms with Crippen LogP contribution in [-0.2, 0) is 6.42 Å². The van der Waals surface area contributed by atoms with Crippen molar-refractivity contribution in [1.29, 1.82) is 0 Å². The summed E-state index contributed by atoms with van der Waals surface area (Å²) >= 11 is 0. The predicted octanol–water partition coefficient (Wildman–Crippen LogP) is 3.40. The van der Waals surface area contributed by atoms with Crippen molar-refractivity contribution in [2.24, 2.45) is 0 Å². The Bertz CT molecular complexity index is 795. The van der Waals surface area contributed by atoms with Crippen LogP contribution in [-0.4, -0.2) is 27.9 Å². The van der Waals surface area contributed by atoms with Gasteiger partial charge in [-0.15, -0.1) is 0 Å². The van der Waals surface area contributed by atoms with Gasteiger partial charge in [-0.3, -0.25) is 4.79 Å². The molecule has 0 unspecified atom stereocenters. The summed E-state index contributed by atoms with van der Waals surface area (Å²) in [6.45, 7) is 2.57. The molecule has 0 radical (unpaired) electrons. The van der Waals surface area contributed by atoms with Crippen LogP contribution in [0.3, 0.4) is 0 Å². The van der Waals surface area contributed by atoms with Gasteiger partial charge in [0.1, 0.15) is 12.0 Å². The van der Waals surface area contributed by atoms with Crippen LogP contribution < -0.4 is 4.74 Å². The smallest absolute Gasteiger partial charge is 0.150 e. The highest BCUT2D eigenvalue weighted by molar-refractivity contribution is 5.74. The molecule has 0 amide bonds. The number of nitrogens with zero attached hydrogens (tertiary/aromatic N) is 3. The van der Waals surface area contributed by atoms with Crippen LogP contribution in [0.15, 0.2) is 54.6 Å². The van der Waals surface area contributed by atoms with Crippen molar-refractivity contribution in [2.75, 3.05) is 6.61 Å². The molecule has 5 nitrogen and oxygen atoms in total. The van der Waals surface area contributed by atoms with Crippen LogP contribution in [0.1, 0.15) is 28.2 Å². The molecule has 0 aliphatic heterocycles. The molecule has 3 aromatic rings. The van der Waals surface area contributed by atoms with E-state index in [-0.39, 0.29) is 0 Å². The maximum atomic E-state index is 10.6. The number of para-hydroxylation sites is 1. The minimum absolute atomic E-state index is 0.595. The van der Waals surface area contributed by atoms with E-state index in [1.807, 2.05) is 37.3 Å². The lowest BCUT2D eigenvalue weighted by atomic mass is 10.2. The lowest BCUT2D eigenvalue weighted by Crippen LogP contribution is -2.01. The summed E-state index contributed by atoms with van der Waals surface area (Å²) in [5.41, 5.74) is 3.53. The summed E-state index contributed by atoms with van der Waals surface area (Å²) in [6, 6.07) is 17.0. The zero-order valence-corrected chi connectivity index (χ0v) is 13.6. The molecule has 0 aliphatic carbocycles. The number of hydrogen-bond donors (Lipinski definition) is 0. The first-order valence-electron chi connectivity index (χ1n) is 7.92. The molecule has 0 saturated heterocycles. The largest absolute Gasteiger partial charge is 0.494 e. The topological polar surface area (TPSA) is 57.0 Å². The fourth-order valence-corrected chi connectivity index (χ4v) is 2.39. The second-order valence-corrected chi connectivity index (χ2v) is 5.50. The van der Waals surface area contributed by atoms with Crippen LogP contribution in [0.4, 0.5) is 0 Å². The van der Waals surface area contributed by atoms with Gasteiger partial charge in [0, 0.05) is 5.56 Å². The van der Waals surface area contributed by atoms with E-state index in [9.17, 15) is 4.79 Å². The standard InChI is InChI=1S/C19H19N3O2/c1-15-19(21-22(20-15)17-6-3-2-4-7-17)8-5-13-24-18-11-9-16(14-23)10-12-18/h2-4,6-7,9-12,14H,5,8,13H2,1H3. The molecule has 1 heterocycles. The molecule has 0 bridgehead atoms. The van der Waals surface area contributed by atoms with E-state index in [1.54, 1.807) is 29.1 Å². The fourth-order valence-electron chi connectivity index (χ4n) is 2.39. The first-order valence-corrected chi connectivity index (χ1v) is 7.92. The Morgan fingerprint density at radius 2 is 1.79 bits per heavy atom.